The summed E-state index contributed by atoms with van der Waals surface area (Å²) < 4.78 is 0. The summed E-state index contributed by atoms with van der Waals surface area (Å²) in [5.41, 5.74) is 16.0. The molecule has 1 aliphatic carbocycles. The maximum atomic E-state index is 2.43. The zero-order valence-electron chi connectivity index (χ0n) is 32.7. The van der Waals surface area contributed by atoms with Crippen LogP contribution in [-0.4, -0.2) is 0 Å². The average molecular weight is 740 g/mol. The average Bonchev–Trinajstić information content (AvgIpc) is 3.51. The number of hydrogen-bond donors (Lipinski definition) is 0. The fraction of sp³-hybridized carbons (Fsp3) is 0.0526. The summed E-state index contributed by atoms with van der Waals surface area (Å²) in [6.07, 6.45) is 0. The second-order valence-electron chi connectivity index (χ2n) is 16.2. The quantitative estimate of drug-likeness (QED) is 0.154. The molecule has 0 unspecified atom stereocenters. The Morgan fingerprint density at radius 3 is 1.60 bits per heavy atom. The van der Waals surface area contributed by atoms with Gasteiger partial charge in [-0.3, -0.25) is 0 Å². The fourth-order valence-corrected chi connectivity index (χ4v) is 9.41. The zero-order chi connectivity index (χ0) is 38.8. The Hall–Kier alpha value is -7.22. The summed E-state index contributed by atoms with van der Waals surface area (Å²) in [5.74, 6) is 0. The van der Waals surface area contributed by atoms with E-state index in [0.717, 1.165) is 17.1 Å². The van der Waals surface area contributed by atoms with Crippen molar-refractivity contribution in [2.75, 3.05) is 4.90 Å². The van der Waals surface area contributed by atoms with E-state index >= 15 is 0 Å². The first-order valence-electron chi connectivity index (χ1n) is 20.2. The van der Waals surface area contributed by atoms with Crippen molar-refractivity contribution in [3.63, 3.8) is 0 Å². The molecular formula is C57H41N. The van der Waals surface area contributed by atoms with Gasteiger partial charge in [0.25, 0.3) is 0 Å². The normalized spacial score (nSPS) is 12.8. The molecule has 10 aromatic rings. The van der Waals surface area contributed by atoms with E-state index in [1.54, 1.807) is 0 Å². The minimum atomic E-state index is -0.109. The molecule has 0 N–H and O–H groups in total. The van der Waals surface area contributed by atoms with Crippen molar-refractivity contribution < 1.29 is 0 Å². The van der Waals surface area contributed by atoms with Crippen molar-refractivity contribution in [1.29, 1.82) is 0 Å². The molecule has 0 bridgehead atoms. The van der Waals surface area contributed by atoms with Crippen LogP contribution in [0.1, 0.15) is 25.0 Å². The van der Waals surface area contributed by atoms with Gasteiger partial charge in [0.1, 0.15) is 0 Å². The van der Waals surface area contributed by atoms with E-state index in [0.29, 0.717) is 0 Å². The maximum absolute atomic E-state index is 2.43. The SMILES string of the molecule is CC1(C)c2ccccc2-c2ccc(N(c3ccc(-c4cccc5ccccc45)cc3)c3cccc(-c4ccc5ccc6ccc(-c7ccccc7)cc6c5c4)c3)cc21. The van der Waals surface area contributed by atoms with Crippen LogP contribution in [0.25, 0.3) is 76.8 Å². The van der Waals surface area contributed by atoms with Crippen molar-refractivity contribution >= 4 is 49.4 Å². The Balaban J connectivity index is 1.05. The van der Waals surface area contributed by atoms with Crippen LogP contribution < -0.4 is 4.90 Å². The molecule has 0 radical (unpaired) electrons. The molecule has 1 heteroatoms. The number of nitrogens with zero attached hydrogens (tertiary/aromatic N) is 1. The summed E-state index contributed by atoms with van der Waals surface area (Å²) in [6.45, 7) is 4.72. The standard InChI is InChI=1S/C57H41N/c1-57(2)55-21-9-8-19-51(55)52-33-32-48(37-56(52)57)58(46-30-28-40(29-31-46)50-20-11-15-39-14-6-7-18-49(39)50)47-17-10-16-43(34-47)45-27-25-42-23-22-41-24-26-44(35-53(41)54(42)36-45)38-12-4-3-5-13-38/h3-37H,1-2H3. The molecular weight excluding hydrogens is 699 g/mol. The van der Waals surface area contributed by atoms with Crippen molar-refractivity contribution in [2.45, 2.75) is 19.3 Å². The molecule has 0 amide bonds. The first kappa shape index (κ1) is 34.1. The molecule has 58 heavy (non-hydrogen) atoms. The summed E-state index contributed by atoms with van der Waals surface area (Å²) in [6, 6.07) is 78.3. The second-order valence-corrected chi connectivity index (χ2v) is 16.2. The maximum Gasteiger partial charge on any atom is 0.0467 e. The molecule has 0 fully saturated rings. The van der Waals surface area contributed by atoms with Crippen molar-refractivity contribution in [1.82, 2.24) is 0 Å². The smallest absolute Gasteiger partial charge is 0.0467 e. The summed E-state index contributed by atoms with van der Waals surface area (Å²) >= 11 is 0. The predicted molar refractivity (Wildman–Crippen MR) is 248 cm³/mol. The van der Waals surface area contributed by atoms with Gasteiger partial charge in [0.05, 0.1) is 0 Å². The summed E-state index contributed by atoms with van der Waals surface area (Å²) in [5, 5.41) is 7.54. The third-order valence-electron chi connectivity index (χ3n) is 12.4. The fourth-order valence-electron chi connectivity index (χ4n) is 9.41. The number of benzene rings is 10. The first-order chi connectivity index (χ1) is 28.5. The van der Waals surface area contributed by atoms with Crippen LogP contribution in [-0.2, 0) is 5.41 Å². The van der Waals surface area contributed by atoms with Crippen LogP contribution >= 0.6 is 0 Å². The van der Waals surface area contributed by atoms with Gasteiger partial charge in [-0.25, -0.2) is 0 Å². The molecule has 0 saturated carbocycles. The lowest BCUT2D eigenvalue weighted by atomic mass is 9.82. The Morgan fingerprint density at radius 1 is 0.293 bits per heavy atom. The number of rotatable bonds is 6. The molecule has 0 saturated heterocycles. The Morgan fingerprint density at radius 2 is 0.810 bits per heavy atom. The molecule has 1 nitrogen and oxygen atoms in total. The van der Waals surface area contributed by atoms with Crippen molar-refractivity contribution in [3.05, 3.63) is 223 Å². The van der Waals surface area contributed by atoms with Gasteiger partial charge in [0, 0.05) is 22.5 Å². The van der Waals surface area contributed by atoms with Crippen LogP contribution in [0.4, 0.5) is 17.1 Å². The van der Waals surface area contributed by atoms with Crippen LogP contribution in [0.15, 0.2) is 212 Å². The third-order valence-corrected chi connectivity index (χ3v) is 12.4. The Kier molecular flexibility index (Phi) is 7.91. The predicted octanol–water partition coefficient (Wildman–Crippen LogP) is 15.9. The van der Waals surface area contributed by atoms with Gasteiger partial charge in [-0.05, 0) is 136 Å². The molecule has 0 aromatic heterocycles. The van der Waals surface area contributed by atoms with E-state index in [1.165, 1.54) is 88.0 Å². The highest BCUT2D eigenvalue weighted by molar-refractivity contribution is 6.10. The highest BCUT2D eigenvalue weighted by atomic mass is 15.1. The van der Waals surface area contributed by atoms with Gasteiger partial charge >= 0.3 is 0 Å². The zero-order valence-corrected chi connectivity index (χ0v) is 32.7. The highest BCUT2D eigenvalue weighted by Gasteiger charge is 2.35. The van der Waals surface area contributed by atoms with Gasteiger partial charge in [-0.1, -0.05) is 178 Å². The number of anilines is 3. The van der Waals surface area contributed by atoms with Gasteiger partial charge < -0.3 is 4.90 Å². The Labute approximate surface area is 340 Å². The molecule has 274 valence electrons. The number of fused-ring (bicyclic) bond motifs is 7. The van der Waals surface area contributed by atoms with E-state index in [9.17, 15) is 0 Å². The van der Waals surface area contributed by atoms with Crippen LogP contribution in [0.5, 0.6) is 0 Å². The molecule has 11 rings (SSSR count). The first-order valence-corrected chi connectivity index (χ1v) is 20.2. The van der Waals surface area contributed by atoms with Crippen molar-refractivity contribution in [3.8, 4) is 44.5 Å². The largest absolute Gasteiger partial charge is 0.310 e. The molecule has 0 atom stereocenters. The monoisotopic (exact) mass is 739 g/mol. The summed E-state index contributed by atoms with van der Waals surface area (Å²) in [4.78, 5) is 2.43. The van der Waals surface area contributed by atoms with E-state index < -0.39 is 0 Å². The lowest BCUT2D eigenvalue weighted by Gasteiger charge is -2.28. The van der Waals surface area contributed by atoms with E-state index in [2.05, 4.69) is 231 Å². The van der Waals surface area contributed by atoms with Gasteiger partial charge in [0.2, 0.25) is 0 Å². The lowest BCUT2D eigenvalue weighted by Crippen LogP contribution is -2.16. The van der Waals surface area contributed by atoms with Crippen LogP contribution in [0, 0.1) is 0 Å². The molecule has 1 aliphatic rings. The molecule has 0 spiro atoms. The summed E-state index contributed by atoms with van der Waals surface area (Å²) in [7, 11) is 0. The minimum Gasteiger partial charge on any atom is -0.310 e. The number of hydrogen-bond acceptors (Lipinski definition) is 1. The minimum absolute atomic E-state index is 0.109. The van der Waals surface area contributed by atoms with E-state index in [-0.39, 0.29) is 5.41 Å². The van der Waals surface area contributed by atoms with Crippen LogP contribution in [0.3, 0.4) is 0 Å². The van der Waals surface area contributed by atoms with E-state index in [4.69, 9.17) is 0 Å². The second kappa shape index (κ2) is 13.5. The van der Waals surface area contributed by atoms with Crippen LogP contribution in [0.2, 0.25) is 0 Å². The lowest BCUT2D eigenvalue weighted by molar-refractivity contribution is 0.660. The van der Waals surface area contributed by atoms with Gasteiger partial charge in [0.15, 0.2) is 0 Å². The van der Waals surface area contributed by atoms with Gasteiger partial charge in [-0.15, -0.1) is 0 Å². The van der Waals surface area contributed by atoms with Crippen molar-refractivity contribution in [2.24, 2.45) is 0 Å². The topological polar surface area (TPSA) is 3.24 Å². The molecule has 10 aromatic carbocycles. The molecule has 0 heterocycles. The Bertz CT molecular complexity index is 3180. The van der Waals surface area contributed by atoms with Gasteiger partial charge in [-0.2, -0.15) is 0 Å². The van der Waals surface area contributed by atoms with E-state index in [1.807, 2.05) is 0 Å². The highest BCUT2D eigenvalue weighted by Crippen LogP contribution is 2.51. The third kappa shape index (κ3) is 5.62. The molecule has 0 aliphatic heterocycles.